The van der Waals surface area contributed by atoms with E-state index < -0.39 is 0 Å². The molecule has 624 valence electrons. The Labute approximate surface area is 777 Å². The average molecular weight is 1710 g/mol. The summed E-state index contributed by atoms with van der Waals surface area (Å²) in [6, 6.07) is 175. The Bertz CT molecular complexity index is 9800. The van der Waals surface area contributed by atoms with Gasteiger partial charge in [0.25, 0.3) is 0 Å². The molecular weight excluding hydrogens is 1630 g/mol. The van der Waals surface area contributed by atoms with Crippen LogP contribution in [0, 0.1) is 0 Å². The number of rotatable bonds is 12. The second-order valence-electron chi connectivity index (χ2n) is 36.2. The Balaban J connectivity index is 0.524. The molecule has 0 aliphatic rings. The van der Waals surface area contributed by atoms with Crippen molar-refractivity contribution >= 4 is 163 Å². The van der Waals surface area contributed by atoms with Crippen LogP contribution >= 0.6 is 0 Å². The summed E-state index contributed by atoms with van der Waals surface area (Å²) in [4.78, 5) is 0. The predicted molar refractivity (Wildman–Crippen MR) is 571 cm³/mol. The molecule has 3 heterocycles. The van der Waals surface area contributed by atoms with Crippen molar-refractivity contribution in [2.45, 2.75) is 0 Å². The monoisotopic (exact) mass is 1710 g/mol. The summed E-state index contributed by atoms with van der Waals surface area (Å²) in [6.45, 7) is 0. The third-order valence-electron chi connectivity index (χ3n) is 28.8. The summed E-state index contributed by atoms with van der Waals surface area (Å²) < 4.78 is 20.1. The van der Waals surface area contributed by atoms with E-state index in [2.05, 4.69) is 467 Å². The van der Waals surface area contributed by atoms with Crippen molar-refractivity contribution in [2.24, 2.45) is 0 Å². The van der Waals surface area contributed by atoms with Gasteiger partial charge >= 0.3 is 0 Å². The summed E-state index contributed by atoms with van der Waals surface area (Å²) in [6.07, 6.45) is 0. The van der Waals surface area contributed by atoms with Gasteiger partial charge in [-0.2, -0.15) is 0 Å². The van der Waals surface area contributed by atoms with Crippen LogP contribution in [0.1, 0.15) is 0 Å². The molecule has 3 nitrogen and oxygen atoms in total. The van der Waals surface area contributed by atoms with Crippen LogP contribution in [-0.4, -0.2) is 0 Å². The number of fused-ring (bicyclic) bond motifs is 18. The number of para-hydroxylation sites is 2. The first kappa shape index (κ1) is 76.1. The lowest BCUT2D eigenvalue weighted by molar-refractivity contribution is 0.668. The first-order chi connectivity index (χ1) is 66.9. The van der Waals surface area contributed by atoms with Crippen molar-refractivity contribution in [3.63, 3.8) is 0 Å². The van der Waals surface area contributed by atoms with Gasteiger partial charge in [-0.1, -0.05) is 388 Å². The Morgan fingerprint density at radius 2 is 0.378 bits per heavy atom. The minimum absolute atomic E-state index is 0.840. The third-order valence-corrected chi connectivity index (χ3v) is 28.8. The van der Waals surface area contributed by atoms with Crippen LogP contribution in [0.25, 0.3) is 296 Å². The molecule has 0 atom stereocenters. The Hall–Kier alpha value is -17.8. The van der Waals surface area contributed by atoms with Gasteiger partial charge < -0.3 is 13.3 Å². The minimum atomic E-state index is 0.840. The second kappa shape index (κ2) is 30.4. The quantitative estimate of drug-likeness (QED) is 0.114. The Kier molecular flexibility index (Phi) is 17.2. The molecule has 135 heavy (non-hydrogen) atoms. The molecule has 3 heteroatoms. The molecule has 0 fully saturated rings. The van der Waals surface area contributed by atoms with Crippen LogP contribution in [0.4, 0.5) is 0 Å². The zero-order chi connectivity index (χ0) is 88.5. The molecule has 0 aliphatic heterocycles. The van der Waals surface area contributed by atoms with Crippen LogP contribution < -0.4 is 0 Å². The normalized spacial score (nSPS) is 12.0. The molecule has 0 bridgehead atoms. The zero-order valence-electron chi connectivity index (χ0n) is 73.3. The van der Waals surface area contributed by atoms with E-state index >= 15 is 0 Å². The van der Waals surface area contributed by atoms with Gasteiger partial charge in [0.1, 0.15) is 33.5 Å². The van der Waals surface area contributed by atoms with Crippen molar-refractivity contribution in [1.29, 1.82) is 0 Å². The highest BCUT2D eigenvalue weighted by Gasteiger charge is 2.26. The summed E-state index contributed by atoms with van der Waals surface area (Å²) in [5, 5.41) is 28.3. The molecule has 28 aromatic rings. The maximum absolute atomic E-state index is 7.05. The summed E-state index contributed by atoms with van der Waals surface area (Å²) >= 11 is 0. The molecule has 0 amide bonds. The maximum Gasteiger partial charge on any atom is 0.143 e. The van der Waals surface area contributed by atoms with E-state index in [0.29, 0.717) is 0 Å². The van der Waals surface area contributed by atoms with Crippen LogP contribution in [0.15, 0.2) is 486 Å². The van der Waals surface area contributed by atoms with Crippen molar-refractivity contribution in [3.8, 4) is 134 Å². The molecule has 0 N–H and O–H groups in total. The summed E-state index contributed by atoms with van der Waals surface area (Å²) in [5.74, 6) is 0. The van der Waals surface area contributed by atoms with Gasteiger partial charge in [-0.25, -0.2) is 0 Å². The molecule has 0 unspecified atom stereocenters. The predicted octanol–water partition coefficient (Wildman–Crippen LogP) is 37.8. The van der Waals surface area contributed by atoms with Gasteiger partial charge in [-0.05, 0) is 310 Å². The lowest BCUT2D eigenvalue weighted by atomic mass is 9.83. The van der Waals surface area contributed by atoms with Gasteiger partial charge in [0.2, 0.25) is 0 Å². The van der Waals surface area contributed by atoms with E-state index in [1.165, 1.54) is 158 Å². The molecule has 0 aliphatic carbocycles. The number of furan rings is 3. The van der Waals surface area contributed by atoms with Crippen molar-refractivity contribution < 1.29 is 13.3 Å². The van der Waals surface area contributed by atoms with E-state index in [1.807, 2.05) is 6.07 Å². The fourth-order valence-electron chi connectivity index (χ4n) is 22.4. The van der Waals surface area contributed by atoms with Gasteiger partial charge in [-0.3, -0.25) is 0 Å². The van der Waals surface area contributed by atoms with Crippen LogP contribution in [-0.2, 0) is 0 Å². The van der Waals surface area contributed by atoms with Crippen LogP contribution in [0.2, 0.25) is 0 Å². The molecule has 0 saturated heterocycles. The topological polar surface area (TPSA) is 39.4 Å². The van der Waals surface area contributed by atoms with Crippen molar-refractivity contribution in [1.82, 2.24) is 0 Å². The lowest BCUT2D eigenvalue weighted by Gasteiger charge is -2.20. The van der Waals surface area contributed by atoms with E-state index in [4.69, 9.17) is 13.3 Å². The first-order valence-corrected chi connectivity index (χ1v) is 46.5. The zero-order valence-corrected chi connectivity index (χ0v) is 73.3. The standard InChI is InChI=1S/C132H78O3/c1-3-23-88-70-98(56-44-79(88)20-1)130-110-35-12-11-34-109(110)128(119-76-92(59-65-113(119)130)93-60-66-114-120(77-93)131(99-57-45-80-21-2-4-24-89(80)71-99)112-37-14-13-36-111(112)129(114)97-27-17-26-90(72-97)94-62-68-122-116(74-94)103-29-15-16-41-121(103)133-122)87-50-42-81(43-51-87)91-61-67-123-117(73-91)118-75-95(63-69-124(118)134-123)96-58-64-104-115-40-19-39-102(132(115)135-125(104)78-96)84-48-54-86(55-49-84)127-107-32-9-7-30-105(107)126(106-31-8-10-33-108(106)127)85-52-46-83(47-53-85)101-38-18-25-82-22-5-6-28-100(82)101/h1-78H. The smallest absolute Gasteiger partial charge is 0.143 e. The fraction of sp³-hybridized carbons (Fsp3) is 0. The maximum atomic E-state index is 7.05. The largest absolute Gasteiger partial charge is 0.456 e. The lowest BCUT2D eigenvalue weighted by Crippen LogP contribution is -1.93. The molecule has 0 spiro atoms. The van der Waals surface area contributed by atoms with Crippen LogP contribution in [0.5, 0.6) is 0 Å². The van der Waals surface area contributed by atoms with Crippen molar-refractivity contribution in [3.05, 3.63) is 473 Å². The average Bonchev–Trinajstić information content (AvgIpc) is 1.70. The molecule has 28 rings (SSSR count). The van der Waals surface area contributed by atoms with E-state index in [-0.39, 0.29) is 0 Å². The van der Waals surface area contributed by atoms with E-state index in [0.717, 1.165) is 138 Å². The fourth-order valence-corrected chi connectivity index (χ4v) is 22.4. The molecule has 25 aromatic carbocycles. The molecule has 0 radical (unpaired) electrons. The highest BCUT2D eigenvalue weighted by atomic mass is 16.3. The molecular formula is C132H78O3. The molecule has 3 aromatic heterocycles. The van der Waals surface area contributed by atoms with Gasteiger partial charge in [0, 0.05) is 37.9 Å². The van der Waals surface area contributed by atoms with E-state index in [1.54, 1.807) is 0 Å². The second-order valence-corrected chi connectivity index (χ2v) is 36.2. The van der Waals surface area contributed by atoms with Gasteiger partial charge in [-0.15, -0.1) is 0 Å². The Morgan fingerprint density at radius 1 is 0.104 bits per heavy atom. The Morgan fingerprint density at radius 3 is 0.881 bits per heavy atom. The summed E-state index contributed by atoms with van der Waals surface area (Å²) in [5.41, 5.74) is 33.0. The highest BCUT2D eigenvalue weighted by Crippen LogP contribution is 2.53. The van der Waals surface area contributed by atoms with Crippen molar-refractivity contribution in [2.75, 3.05) is 0 Å². The summed E-state index contributed by atoms with van der Waals surface area (Å²) in [7, 11) is 0. The minimum Gasteiger partial charge on any atom is -0.456 e. The number of benzene rings is 25. The molecule has 0 saturated carbocycles. The third kappa shape index (κ3) is 12.4. The highest BCUT2D eigenvalue weighted by molar-refractivity contribution is 6.27. The SMILES string of the molecule is c1cc(-c2ccc3oc4ccccc4c3c2)cc(-c2c3ccccc3c(-c3ccc4ccccc4c3)c3cc(-c4ccc5c(-c6ccc7ccccc7c6)c6ccccc6c(-c6ccc(-c7ccc8oc9ccc(-c%10ccc%11c(c%10)oc%10c(-c%12ccc(-c%13c%14ccccc%14c(-c%14ccc(-c%15cccc%16ccccc%15%16)cc%14)c%14ccccc%13%14)cc%12)cccc%10%11)cc9c8c7)cc6)c5c4)ccc23)c1. The number of hydrogen-bond acceptors (Lipinski definition) is 3. The van der Waals surface area contributed by atoms with E-state index in [9.17, 15) is 0 Å². The first-order valence-electron chi connectivity index (χ1n) is 46.5. The number of hydrogen-bond donors (Lipinski definition) is 0. The van der Waals surface area contributed by atoms with Gasteiger partial charge in [0.05, 0.1) is 0 Å². The van der Waals surface area contributed by atoms with Crippen LogP contribution in [0.3, 0.4) is 0 Å². The van der Waals surface area contributed by atoms with Gasteiger partial charge in [0.15, 0.2) is 0 Å².